The Bertz CT molecular complexity index is 1030. The summed E-state index contributed by atoms with van der Waals surface area (Å²) in [6, 6.07) is 7.51. The second-order valence-corrected chi connectivity index (χ2v) is 7.79. The monoisotopic (exact) mass is 406 g/mol. The van der Waals surface area contributed by atoms with Gasteiger partial charge in [-0.2, -0.15) is 0 Å². The van der Waals surface area contributed by atoms with Crippen molar-refractivity contribution in [2.75, 3.05) is 18.4 Å². The number of likely N-dealkylation sites (tertiary alicyclic amines) is 1. The van der Waals surface area contributed by atoms with Crippen LogP contribution >= 0.6 is 0 Å². The summed E-state index contributed by atoms with van der Waals surface area (Å²) in [6.07, 6.45) is 3.39. The predicted molar refractivity (Wildman–Crippen MR) is 112 cm³/mol. The van der Waals surface area contributed by atoms with Crippen molar-refractivity contribution in [1.82, 2.24) is 35.1 Å². The number of anilines is 1. The lowest BCUT2D eigenvalue weighted by Crippen LogP contribution is -2.40. The van der Waals surface area contributed by atoms with Crippen LogP contribution in [0.25, 0.3) is 5.69 Å². The van der Waals surface area contributed by atoms with Gasteiger partial charge in [0.05, 0.1) is 34.4 Å². The maximum absolute atomic E-state index is 12.9. The highest BCUT2D eigenvalue weighted by atomic mass is 16.1. The van der Waals surface area contributed by atoms with Gasteiger partial charge in [0.1, 0.15) is 6.33 Å². The number of benzene rings is 1. The van der Waals surface area contributed by atoms with Crippen LogP contribution in [-0.2, 0) is 11.3 Å². The maximum atomic E-state index is 12.9. The minimum atomic E-state index is -0.0600. The van der Waals surface area contributed by atoms with Gasteiger partial charge in [-0.15, -0.1) is 5.10 Å². The first-order chi connectivity index (χ1) is 14.5. The molecule has 1 atom stereocenters. The third-order valence-corrected chi connectivity index (χ3v) is 5.56. The van der Waals surface area contributed by atoms with Gasteiger partial charge < -0.3 is 5.32 Å². The van der Waals surface area contributed by atoms with Gasteiger partial charge in [0.2, 0.25) is 5.91 Å². The molecule has 0 spiro atoms. The zero-order valence-electron chi connectivity index (χ0n) is 17.5. The molecule has 1 saturated heterocycles. The van der Waals surface area contributed by atoms with Crippen LogP contribution in [0.2, 0.25) is 0 Å². The number of rotatable bonds is 5. The Morgan fingerprint density at radius 2 is 2.00 bits per heavy atom. The van der Waals surface area contributed by atoms with Crippen LogP contribution in [0.15, 0.2) is 30.6 Å². The number of tetrazole rings is 1. The zero-order valence-corrected chi connectivity index (χ0v) is 17.5. The van der Waals surface area contributed by atoms with E-state index in [0.29, 0.717) is 6.54 Å². The van der Waals surface area contributed by atoms with Crippen molar-refractivity contribution in [2.45, 2.75) is 40.2 Å². The molecule has 3 aromatic rings. The number of aryl methyl sites for hydroxylation is 3. The first kappa shape index (κ1) is 20.1. The third-order valence-electron chi connectivity index (χ3n) is 5.56. The van der Waals surface area contributed by atoms with Crippen molar-refractivity contribution in [1.29, 1.82) is 0 Å². The molecule has 1 amide bonds. The molecule has 1 aliphatic heterocycles. The van der Waals surface area contributed by atoms with Gasteiger partial charge in [0, 0.05) is 18.8 Å². The largest absolute Gasteiger partial charge is 0.326 e. The average molecular weight is 406 g/mol. The second kappa shape index (κ2) is 8.66. The molecule has 156 valence electrons. The van der Waals surface area contributed by atoms with Crippen molar-refractivity contribution in [3.63, 3.8) is 0 Å². The van der Waals surface area contributed by atoms with E-state index in [0.717, 1.165) is 60.1 Å². The quantitative estimate of drug-likeness (QED) is 0.693. The van der Waals surface area contributed by atoms with Crippen molar-refractivity contribution >= 4 is 11.6 Å². The number of aromatic nitrogens is 6. The Morgan fingerprint density at radius 1 is 1.17 bits per heavy atom. The summed E-state index contributed by atoms with van der Waals surface area (Å²) in [4.78, 5) is 24.5. The van der Waals surface area contributed by atoms with E-state index in [9.17, 15) is 4.79 Å². The van der Waals surface area contributed by atoms with E-state index in [4.69, 9.17) is 4.98 Å². The molecule has 0 bridgehead atoms. The topological polar surface area (TPSA) is 102 Å². The molecule has 1 aliphatic rings. The number of piperidine rings is 1. The third kappa shape index (κ3) is 4.51. The molecule has 0 aliphatic carbocycles. The molecule has 2 aromatic heterocycles. The number of amides is 1. The molecule has 3 heterocycles. The highest BCUT2D eigenvalue weighted by molar-refractivity contribution is 5.93. The highest BCUT2D eigenvalue weighted by Crippen LogP contribution is 2.22. The molecule has 0 radical (unpaired) electrons. The zero-order chi connectivity index (χ0) is 21.1. The van der Waals surface area contributed by atoms with Crippen LogP contribution in [0.1, 0.15) is 35.6 Å². The first-order valence-corrected chi connectivity index (χ1v) is 10.2. The molecule has 30 heavy (non-hydrogen) atoms. The molecule has 0 saturated carbocycles. The molecule has 1 unspecified atom stereocenters. The lowest BCUT2D eigenvalue weighted by atomic mass is 9.96. The molecule has 4 rings (SSSR count). The molecule has 9 heteroatoms. The first-order valence-electron chi connectivity index (χ1n) is 10.2. The molecule has 1 aromatic carbocycles. The fraction of sp³-hybridized carbons (Fsp3) is 0.429. The van der Waals surface area contributed by atoms with E-state index in [1.54, 1.807) is 4.68 Å². The van der Waals surface area contributed by atoms with Crippen LogP contribution in [0.3, 0.4) is 0 Å². The van der Waals surface area contributed by atoms with Crippen molar-refractivity contribution in [3.8, 4) is 5.69 Å². The summed E-state index contributed by atoms with van der Waals surface area (Å²) in [6.45, 7) is 8.37. The number of nitrogens with zero attached hydrogens (tertiary/aromatic N) is 7. The second-order valence-electron chi connectivity index (χ2n) is 7.79. The van der Waals surface area contributed by atoms with Crippen molar-refractivity contribution < 1.29 is 4.79 Å². The maximum Gasteiger partial charge on any atom is 0.228 e. The van der Waals surface area contributed by atoms with Gasteiger partial charge in [0.25, 0.3) is 0 Å². The highest BCUT2D eigenvalue weighted by Gasteiger charge is 2.26. The molecular weight excluding hydrogens is 380 g/mol. The van der Waals surface area contributed by atoms with Gasteiger partial charge in [-0.1, -0.05) is 6.07 Å². The SMILES string of the molecule is Cc1nc(C)c(CN2CCCC(C(=O)Nc3cccc(-n4cnnn4)c3)C2)nc1C. The van der Waals surface area contributed by atoms with Crippen LogP contribution in [0.4, 0.5) is 5.69 Å². The Kier molecular flexibility index (Phi) is 5.80. The smallest absolute Gasteiger partial charge is 0.228 e. The normalized spacial score (nSPS) is 17.1. The summed E-state index contributed by atoms with van der Waals surface area (Å²) in [5.74, 6) is -0.0216. The summed E-state index contributed by atoms with van der Waals surface area (Å²) in [5, 5.41) is 14.2. The van der Waals surface area contributed by atoms with Gasteiger partial charge in [0.15, 0.2) is 0 Å². The molecular formula is C21H26N8O. The van der Waals surface area contributed by atoms with Crippen molar-refractivity contribution in [3.05, 3.63) is 53.4 Å². The summed E-state index contributed by atoms with van der Waals surface area (Å²) in [5.41, 5.74) is 5.42. The Labute approximate surface area is 175 Å². The fourth-order valence-corrected chi connectivity index (χ4v) is 3.79. The summed E-state index contributed by atoms with van der Waals surface area (Å²) < 4.78 is 1.56. The van der Waals surface area contributed by atoms with E-state index in [1.807, 2.05) is 45.0 Å². The number of carbonyl (C=O) groups is 1. The van der Waals surface area contributed by atoms with E-state index >= 15 is 0 Å². The summed E-state index contributed by atoms with van der Waals surface area (Å²) in [7, 11) is 0. The Balaban J connectivity index is 1.40. The van der Waals surface area contributed by atoms with E-state index in [2.05, 4.69) is 30.7 Å². The van der Waals surface area contributed by atoms with E-state index in [1.165, 1.54) is 6.33 Å². The number of hydrogen-bond acceptors (Lipinski definition) is 7. The minimum absolute atomic E-state index is 0.0384. The van der Waals surface area contributed by atoms with Gasteiger partial charge in [-0.25, -0.2) is 4.68 Å². The van der Waals surface area contributed by atoms with Crippen LogP contribution in [0, 0.1) is 26.7 Å². The molecule has 1 fully saturated rings. The van der Waals surface area contributed by atoms with Gasteiger partial charge in [-0.3, -0.25) is 19.7 Å². The number of nitrogens with one attached hydrogen (secondary N) is 1. The molecule has 1 N–H and O–H groups in total. The van der Waals surface area contributed by atoms with Gasteiger partial charge >= 0.3 is 0 Å². The number of carbonyl (C=O) groups excluding carboxylic acids is 1. The predicted octanol–water partition coefficient (Wildman–Crippen LogP) is 2.23. The minimum Gasteiger partial charge on any atom is -0.326 e. The average Bonchev–Trinajstić information content (AvgIpc) is 3.27. The summed E-state index contributed by atoms with van der Waals surface area (Å²) >= 11 is 0. The lowest BCUT2D eigenvalue weighted by Gasteiger charge is -2.32. The van der Waals surface area contributed by atoms with E-state index < -0.39 is 0 Å². The van der Waals surface area contributed by atoms with Crippen LogP contribution in [0.5, 0.6) is 0 Å². The number of hydrogen-bond donors (Lipinski definition) is 1. The van der Waals surface area contributed by atoms with Crippen LogP contribution in [-0.4, -0.2) is 54.1 Å². The Morgan fingerprint density at radius 3 is 2.80 bits per heavy atom. The Hall–Kier alpha value is -3.20. The molecule has 9 nitrogen and oxygen atoms in total. The van der Waals surface area contributed by atoms with Crippen molar-refractivity contribution in [2.24, 2.45) is 5.92 Å². The van der Waals surface area contributed by atoms with E-state index in [-0.39, 0.29) is 11.8 Å². The van der Waals surface area contributed by atoms with Crippen LogP contribution < -0.4 is 5.32 Å². The fourth-order valence-electron chi connectivity index (χ4n) is 3.79. The lowest BCUT2D eigenvalue weighted by molar-refractivity contribution is -0.121. The van der Waals surface area contributed by atoms with Gasteiger partial charge in [-0.05, 0) is 68.8 Å². The standard InChI is InChI=1S/C21H26N8O/c1-14-15(2)24-20(16(3)23-14)12-28-9-5-6-17(11-28)21(30)25-18-7-4-8-19(10-18)29-13-22-26-27-29/h4,7-8,10,13,17H,5-6,9,11-12H2,1-3H3,(H,25,30).